The Labute approximate surface area is 83.4 Å². The number of hydrogen-bond acceptors (Lipinski definition) is 3. The third kappa shape index (κ3) is 2.17. The first-order valence-electron chi connectivity index (χ1n) is 3.95. The van der Waals surface area contributed by atoms with Gasteiger partial charge in [-0.15, -0.1) is 0 Å². The Balaban J connectivity index is 0.00000196. The maximum atomic E-state index is 11.2. The first-order valence-corrected chi connectivity index (χ1v) is 3.95. The molecule has 1 aromatic rings. The largest absolute Gasteiger partial charge is 0.268 e. The summed E-state index contributed by atoms with van der Waals surface area (Å²) < 4.78 is 0. The minimum Gasteiger partial charge on any atom is -0.268 e. The van der Waals surface area contributed by atoms with Gasteiger partial charge in [-0.2, -0.15) is 5.26 Å². The van der Waals surface area contributed by atoms with Crippen molar-refractivity contribution in [2.75, 3.05) is 0 Å². The summed E-state index contributed by atoms with van der Waals surface area (Å²) in [5, 5.41) is 10.3. The van der Waals surface area contributed by atoms with E-state index in [2.05, 4.69) is 11.6 Å². The topological polar surface area (TPSA) is 65.8 Å². The van der Waals surface area contributed by atoms with E-state index in [9.17, 15) is 4.79 Å². The summed E-state index contributed by atoms with van der Waals surface area (Å²) >= 11 is 0. The van der Waals surface area contributed by atoms with Crippen LogP contribution in [0, 0.1) is 11.5 Å². The molecular weight excluding hydrogens is 178 g/mol. The van der Waals surface area contributed by atoms with Crippen molar-refractivity contribution in [3.05, 3.63) is 36.2 Å². The molecule has 1 N–H and O–H groups in total. The molecule has 0 spiro atoms. The van der Waals surface area contributed by atoms with Crippen LogP contribution in [0.2, 0.25) is 0 Å². The molecule has 4 heteroatoms. The van der Waals surface area contributed by atoms with Gasteiger partial charge in [0, 0.05) is 13.8 Å². The Hall–Kier alpha value is -2.15. The van der Waals surface area contributed by atoms with Gasteiger partial charge < -0.3 is 0 Å². The van der Waals surface area contributed by atoms with Gasteiger partial charge in [0.2, 0.25) is 0 Å². The van der Waals surface area contributed by atoms with Crippen LogP contribution in [0.4, 0.5) is 0 Å². The molecule has 1 heterocycles. The fraction of sp³-hybridized carbons (Fsp3) is 0.100. The molecule has 0 aliphatic rings. The van der Waals surface area contributed by atoms with Crippen LogP contribution >= 0.6 is 0 Å². The van der Waals surface area contributed by atoms with Crippen LogP contribution in [0.15, 0.2) is 25.0 Å². The normalized spacial score (nSPS) is 8.86. The number of nitriles is 1. The third-order valence-corrected chi connectivity index (χ3v) is 1.66. The number of pyridine rings is 1. The van der Waals surface area contributed by atoms with Crippen LogP contribution < -0.4 is 5.32 Å². The molecule has 4 nitrogen and oxygen atoms in total. The molecule has 0 fully saturated rings. The number of carbonyl (C=O) groups is 1. The van der Waals surface area contributed by atoms with Gasteiger partial charge in [-0.05, 0) is 24.1 Å². The maximum absolute atomic E-state index is 11.2. The number of rotatable bonds is 2. The fourth-order valence-electron chi connectivity index (χ4n) is 0.920. The Morgan fingerprint density at radius 1 is 1.64 bits per heavy atom. The van der Waals surface area contributed by atoms with E-state index in [0.717, 1.165) is 11.1 Å². The van der Waals surface area contributed by atoms with Gasteiger partial charge in [-0.25, -0.2) is 0 Å². The second-order valence-electron chi connectivity index (χ2n) is 2.81. The molecule has 0 aliphatic carbocycles. The second kappa shape index (κ2) is 4.19. The third-order valence-electron chi connectivity index (χ3n) is 1.66. The van der Waals surface area contributed by atoms with Crippen molar-refractivity contribution in [3.8, 4) is 6.19 Å². The van der Waals surface area contributed by atoms with Gasteiger partial charge in [-0.3, -0.25) is 15.1 Å². The number of amides is 1. The first kappa shape index (κ1) is 9.93. The lowest BCUT2D eigenvalue weighted by Gasteiger charge is -2.01. The summed E-state index contributed by atoms with van der Waals surface area (Å²) in [6, 6.07) is 1.64. The molecule has 72 valence electrons. The minimum absolute atomic E-state index is 0. The van der Waals surface area contributed by atoms with Crippen molar-refractivity contribution in [2.45, 2.75) is 6.92 Å². The van der Waals surface area contributed by atoms with Crippen molar-refractivity contribution in [1.82, 2.24) is 10.3 Å². The highest BCUT2D eigenvalue weighted by atomic mass is 16.1. The molecule has 0 aliphatic heterocycles. The molecule has 1 amide bonds. The van der Waals surface area contributed by atoms with Gasteiger partial charge in [0.1, 0.15) is 0 Å². The van der Waals surface area contributed by atoms with Crippen molar-refractivity contribution in [2.24, 2.45) is 0 Å². The van der Waals surface area contributed by atoms with Crippen LogP contribution in [0.1, 0.15) is 24.3 Å². The van der Waals surface area contributed by atoms with E-state index >= 15 is 0 Å². The minimum atomic E-state index is -0.455. The molecule has 0 saturated carbocycles. The van der Waals surface area contributed by atoms with E-state index in [0.29, 0.717) is 5.56 Å². The average Bonchev–Trinajstić information content (AvgIpc) is 2.18. The van der Waals surface area contributed by atoms with E-state index in [1.807, 2.05) is 12.2 Å². The van der Waals surface area contributed by atoms with Crippen LogP contribution in [0.5, 0.6) is 0 Å². The Kier molecular flexibility index (Phi) is 2.97. The van der Waals surface area contributed by atoms with E-state index in [-0.39, 0.29) is 1.43 Å². The molecule has 0 radical (unpaired) electrons. The number of hydrogen-bond donors (Lipinski definition) is 1. The first-order chi connectivity index (χ1) is 6.65. The van der Waals surface area contributed by atoms with Crippen molar-refractivity contribution in [1.29, 1.82) is 5.26 Å². The van der Waals surface area contributed by atoms with E-state index in [1.165, 1.54) is 6.20 Å². The molecule has 1 rings (SSSR count). The summed E-state index contributed by atoms with van der Waals surface area (Å²) in [6.45, 7) is 5.56. The zero-order valence-corrected chi connectivity index (χ0v) is 7.74. The smallest absolute Gasteiger partial charge is 0.265 e. The zero-order valence-electron chi connectivity index (χ0n) is 7.74. The average molecular weight is 189 g/mol. The zero-order chi connectivity index (χ0) is 10.6. The number of aromatic nitrogens is 1. The molecular formula is C10H11N3O. The van der Waals surface area contributed by atoms with E-state index in [4.69, 9.17) is 5.26 Å². The molecule has 0 bridgehead atoms. The summed E-state index contributed by atoms with van der Waals surface area (Å²) in [6.07, 6.45) is 4.58. The van der Waals surface area contributed by atoms with Gasteiger partial charge >= 0.3 is 0 Å². The van der Waals surface area contributed by atoms with Gasteiger partial charge in [-0.1, -0.05) is 6.58 Å². The molecule has 0 saturated heterocycles. The fourth-order valence-corrected chi connectivity index (χ4v) is 0.920. The van der Waals surface area contributed by atoms with Gasteiger partial charge in [0.15, 0.2) is 6.19 Å². The summed E-state index contributed by atoms with van der Waals surface area (Å²) in [7, 11) is 0. The lowest BCUT2D eigenvalue weighted by atomic mass is 10.1. The second-order valence-corrected chi connectivity index (χ2v) is 2.81. The number of allylic oxidation sites excluding steroid dienone is 1. The summed E-state index contributed by atoms with van der Waals surface area (Å²) in [5.74, 6) is -0.455. The molecule has 0 atom stereocenters. The van der Waals surface area contributed by atoms with E-state index < -0.39 is 5.91 Å². The van der Waals surface area contributed by atoms with E-state index in [1.54, 1.807) is 18.5 Å². The summed E-state index contributed by atoms with van der Waals surface area (Å²) in [5.41, 5.74) is 1.96. The Morgan fingerprint density at radius 2 is 2.29 bits per heavy atom. The standard InChI is InChI=1S/C10H9N3O.H2/c1-7(2)8-3-9(5-12-4-8)10(14)13-6-11;/h3-5H,1H2,2H3,(H,13,14);1H. The Bertz CT molecular complexity index is 423. The Morgan fingerprint density at radius 3 is 2.86 bits per heavy atom. The highest BCUT2D eigenvalue weighted by Gasteiger charge is 2.05. The van der Waals surface area contributed by atoms with Crippen LogP contribution in [0.3, 0.4) is 0 Å². The SMILES string of the molecule is C=C(C)c1cncc(C(=O)NC#N)c1.[HH]. The van der Waals surface area contributed by atoms with Crippen LogP contribution in [0.25, 0.3) is 5.57 Å². The number of nitrogens with one attached hydrogen (secondary N) is 1. The molecule has 1 aromatic heterocycles. The highest BCUT2D eigenvalue weighted by Crippen LogP contribution is 2.11. The summed E-state index contributed by atoms with van der Waals surface area (Å²) in [4.78, 5) is 15.1. The molecule has 14 heavy (non-hydrogen) atoms. The molecule has 0 aromatic carbocycles. The number of carbonyl (C=O) groups excluding carboxylic acids is 1. The van der Waals surface area contributed by atoms with Crippen LogP contribution in [-0.2, 0) is 0 Å². The van der Waals surface area contributed by atoms with Crippen molar-refractivity contribution in [3.63, 3.8) is 0 Å². The molecule has 0 unspecified atom stereocenters. The van der Waals surface area contributed by atoms with Crippen LogP contribution in [-0.4, -0.2) is 10.9 Å². The van der Waals surface area contributed by atoms with Crippen molar-refractivity contribution >= 4 is 11.5 Å². The van der Waals surface area contributed by atoms with Gasteiger partial charge in [0.25, 0.3) is 5.91 Å². The number of nitrogens with zero attached hydrogens (tertiary/aromatic N) is 2. The highest BCUT2D eigenvalue weighted by molar-refractivity contribution is 5.95. The predicted molar refractivity (Wildman–Crippen MR) is 54.1 cm³/mol. The monoisotopic (exact) mass is 189 g/mol. The van der Waals surface area contributed by atoms with Crippen molar-refractivity contribution < 1.29 is 6.22 Å². The lowest BCUT2D eigenvalue weighted by Crippen LogP contribution is -2.17. The quantitative estimate of drug-likeness (QED) is 0.567. The maximum Gasteiger partial charge on any atom is 0.265 e. The predicted octanol–water partition coefficient (Wildman–Crippen LogP) is 1.57. The lowest BCUT2D eigenvalue weighted by molar-refractivity contribution is 0.0972. The van der Waals surface area contributed by atoms with Gasteiger partial charge in [0.05, 0.1) is 5.56 Å².